The van der Waals surface area contributed by atoms with Crippen molar-refractivity contribution in [1.29, 1.82) is 0 Å². The van der Waals surface area contributed by atoms with Crippen molar-refractivity contribution in [3.05, 3.63) is 34.9 Å². The van der Waals surface area contributed by atoms with E-state index in [-0.39, 0.29) is 11.8 Å². The van der Waals surface area contributed by atoms with Gasteiger partial charge in [0.2, 0.25) is 5.91 Å². The van der Waals surface area contributed by atoms with Gasteiger partial charge in [0.05, 0.1) is 0 Å². The molecule has 1 atom stereocenters. The normalized spacial score (nSPS) is 18.1. The Morgan fingerprint density at radius 2 is 1.90 bits per heavy atom. The first kappa shape index (κ1) is 15.3. The Balaban J connectivity index is 2.01. The standard InChI is InChI=1S/C16H23ClN2O/c1-12-4-5-15(13(2)10-12)14(3)18-6-8-19(9-7-18)16(20)11-17/h4-5,10,14H,6-9,11H2,1-3H3. The molecule has 1 unspecified atom stereocenters. The molecule has 0 aromatic heterocycles. The third kappa shape index (κ3) is 3.33. The van der Waals surface area contributed by atoms with Crippen LogP contribution in [0.3, 0.4) is 0 Å². The van der Waals surface area contributed by atoms with Crippen molar-refractivity contribution >= 4 is 17.5 Å². The summed E-state index contributed by atoms with van der Waals surface area (Å²) in [6, 6.07) is 7.03. The lowest BCUT2D eigenvalue weighted by molar-refractivity contribution is -0.130. The van der Waals surface area contributed by atoms with Gasteiger partial charge in [0.25, 0.3) is 0 Å². The fourth-order valence-corrected chi connectivity index (χ4v) is 3.10. The minimum Gasteiger partial charge on any atom is -0.339 e. The fourth-order valence-electron chi connectivity index (χ4n) is 2.93. The highest BCUT2D eigenvalue weighted by Gasteiger charge is 2.24. The van der Waals surface area contributed by atoms with Crippen LogP contribution in [-0.2, 0) is 4.79 Å². The monoisotopic (exact) mass is 294 g/mol. The maximum atomic E-state index is 11.6. The molecule has 0 bridgehead atoms. The number of hydrogen-bond donors (Lipinski definition) is 0. The molecule has 0 radical (unpaired) electrons. The van der Waals surface area contributed by atoms with Gasteiger partial charge in [0, 0.05) is 32.2 Å². The van der Waals surface area contributed by atoms with Crippen molar-refractivity contribution in [2.75, 3.05) is 32.1 Å². The number of alkyl halides is 1. The number of amides is 1. The molecule has 2 rings (SSSR count). The van der Waals surface area contributed by atoms with Gasteiger partial charge in [0.15, 0.2) is 0 Å². The minimum absolute atomic E-state index is 0.0467. The number of nitrogens with zero attached hydrogens (tertiary/aromatic N) is 2. The Labute approximate surface area is 126 Å². The topological polar surface area (TPSA) is 23.6 Å². The molecule has 0 saturated carbocycles. The van der Waals surface area contributed by atoms with Crippen LogP contribution >= 0.6 is 11.6 Å². The Morgan fingerprint density at radius 3 is 2.45 bits per heavy atom. The van der Waals surface area contributed by atoms with Gasteiger partial charge in [-0.25, -0.2) is 0 Å². The molecule has 0 aliphatic carbocycles. The van der Waals surface area contributed by atoms with E-state index in [1.165, 1.54) is 16.7 Å². The van der Waals surface area contributed by atoms with Crippen molar-refractivity contribution in [1.82, 2.24) is 9.80 Å². The second-order valence-electron chi connectivity index (χ2n) is 5.59. The molecule has 0 spiro atoms. The predicted molar refractivity (Wildman–Crippen MR) is 83.2 cm³/mol. The lowest BCUT2D eigenvalue weighted by Gasteiger charge is -2.38. The van der Waals surface area contributed by atoms with Crippen molar-refractivity contribution in [3.8, 4) is 0 Å². The van der Waals surface area contributed by atoms with Gasteiger partial charge >= 0.3 is 0 Å². The zero-order valence-electron chi connectivity index (χ0n) is 12.5. The van der Waals surface area contributed by atoms with Crippen LogP contribution in [0.4, 0.5) is 0 Å². The predicted octanol–water partition coefficient (Wildman–Crippen LogP) is 2.75. The number of aryl methyl sites for hydroxylation is 2. The fraction of sp³-hybridized carbons (Fsp3) is 0.562. The van der Waals surface area contributed by atoms with Gasteiger partial charge in [0.1, 0.15) is 5.88 Å². The van der Waals surface area contributed by atoms with Crippen LogP contribution in [-0.4, -0.2) is 47.8 Å². The molecule has 1 fully saturated rings. The minimum atomic E-state index is 0.0467. The Hall–Kier alpha value is -1.06. The summed E-state index contributed by atoms with van der Waals surface area (Å²) in [6.07, 6.45) is 0. The van der Waals surface area contributed by atoms with Crippen molar-refractivity contribution < 1.29 is 4.79 Å². The number of halogens is 1. The number of carbonyl (C=O) groups excluding carboxylic acids is 1. The molecular weight excluding hydrogens is 272 g/mol. The molecule has 1 aliphatic heterocycles. The quantitative estimate of drug-likeness (QED) is 0.800. The highest BCUT2D eigenvalue weighted by atomic mass is 35.5. The van der Waals surface area contributed by atoms with Crippen LogP contribution < -0.4 is 0 Å². The Kier molecular flexibility index (Phi) is 5.06. The van der Waals surface area contributed by atoms with Crippen LogP contribution in [0.15, 0.2) is 18.2 Å². The SMILES string of the molecule is Cc1ccc(C(C)N2CCN(C(=O)CCl)CC2)c(C)c1. The second-order valence-corrected chi connectivity index (χ2v) is 5.85. The maximum Gasteiger partial charge on any atom is 0.237 e. The molecule has 0 N–H and O–H groups in total. The van der Waals surface area contributed by atoms with E-state index in [9.17, 15) is 4.79 Å². The van der Waals surface area contributed by atoms with Gasteiger partial charge < -0.3 is 4.90 Å². The Bertz CT molecular complexity index is 481. The van der Waals surface area contributed by atoms with E-state index in [0.717, 1.165) is 26.2 Å². The Morgan fingerprint density at radius 1 is 1.25 bits per heavy atom. The van der Waals surface area contributed by atoms with Gasteiger partial charge in [-0.2, -0.15) is 0 Å². The third-order valence-corrected chi connectivity index (χ3v) is 4.43. The zero-order valence-corrected chi connectivity index (χ0v) is 13.3. The smallest absolute Gasteiger partial charge is 0.237 e. The average molecular weight is 295 g/mol. The summed E-state index contributed by atoms with van der Waals surface area (Å²) in [5, 5.41) is 0. The first-order chi connectivity index (χ1) is 9.52. The third-order valence-electron chi connectivity index (χ3n) is 4.20. The number of rotatable bonds is 3. The number of benzene rings is 1. The van der Waals surface area contributed by atoms with Crippen molar-refractivity contribution in [2.24, 2.45) is 0 Å². The van der Waals surface area contributed by atoms with Crippen LogP contribution in [0.2, 0.25) is 0 Å². The highest BCUT2D eigenvalue weighted by Crippen LogP contribution is 2.25. The molecule has 20 heavy (non-hydrogen) atoms. The van der Waals surface area contributed by atoms with E-state index < -0.39 is 0 Å². The van der Waals surface area contributed by atoms with Crippen LogP contribution in [0, 0.1) is 13.8 Å². The van der Waals surface area contributed by atoms with Crippen LogP contribution in [0.5, 0.6) is 0 Å². The molecule has 1 saturated heterocycles. The molecule has 110 valence electrons. The van der Waals surface area contributed by atoms with Gasteiger partial charge in [-0.05, 0) is 31.9 Å². The van der Waals surface area contributed by atoms with E-state index in [0.29, 0.717) is 6.04 Å². The molecular formula is C16H23ClN2O. The summed E-state index contributed by atoms with van der Waals surface area (Å²) in [7, 11) is 0. The van der Waals surface area contributed by atoms with E-state index in [2.05, 4.69) is 43.9 Å². The summed E-state index contributed by atoms with van der Waals surface area (Å²) >= 11 is 5.61. The largest absolute Gasteiger partial charge is 0.339 e. The number of carbonyl (C=O) groups is 1. The molecule has 4 heteroatoms. The second kappa shape index (κ2) is 6.59. The van der Waals surface area contributed by atoms with Crippen LogP contribution in [0.25, 0.3) is 0 Å². The lowest BCUT2D eigenvalue weighted by atomic mass is 9.99. The van der Waals surface area contributed by atoms with E-state index in [4.69, 9.17) is 11.6 Å². The van der Waals surface area contributed by atoms with E-state index in [1.54, 1.807) is 0 Å². The number of piperazine rings is 1. The molecule has 1 aliphatic rings. The summed E-state index contributed by atoms with van der Waals surface area (Å²) in [5.41, 5.74) is 4.03. The molecule has 1 aromatic rings. The van der Waals surface area contributed by atoms with Gasteiger partial charge in [-0.3, -0.25) is 9.69 Å². The van der Waals surface area contributed by atoms with Crippen molar-refractivity contribution in [2.45, 2.75) is 26.8 Å². The maximum absolute atomic E-state index is 11.6. The molecule has 1 aromatic carbocycles. The number of hydrogen-bond acceptors (Lipinski definition) is 2. The average Bonchev–Trinajstić information content (AvgIpc) is 2.46. The van der Waals surface area contributed by atoms with Crippen molar-refractivity contribution in [3.63, 3.8) is 0 Å². The van der Waals surface area contributed by atoms with Crippen LogP contribution in [0.1, 0.15) is 29.7 Å². The molecule has 1 amide bonds. The van der Waals surface area contributed by atoms with E-state index >= 15 is 0 Å². The van der Waals surface area contributed by atoms with Gasteiger partial charge in [-0.1, -0.05) is 23.8 Å². The van der Waals surface area contributed by atoms with Gasteiger partial charge in [-0.15, -0.1) is 11.6 Å². The zero-order chi connectivity index (χ0) is 14.7. The van der Waals surface area contributed by atoms with E-state index in [1.807, 2.05) is 4.90 Å². The summed E-state index contributed by atoms with van der Waals surface area (Å²) in [6.45, 7) is 9.93. The summed E-state index contributed by atoms with van der Waals surface area (Å²) in [5.74, 6) is 0.137. The summed E-state index contributed by atoms with van der Waals surface area (Å²) < 4.78 is 0. The first-order valence-corrected chi connectivity index (χ1v) is 7.71. The first-order valence-electron chi connectivity index (χ1n) is 7.18. The summed E-state index contributed by atoms with van der Waals surface area (Å²) in [4.78, 5) is 15.9. The molecule has 3 nitrogen and oxygen atoms in total. The lowest BCUT2D eigenvalue weighted by Crippen LogP contribution is -2.49. The highest BCUT2D eigenvalue weighted by molar-refractivity contribution is 6.27. The molecule has 1 heterocycles.